The second kappa shape index (κ2) is 5.43. The van der Waals surface area contributed by atoms with Crippen molar-refractivity contribution in [2.45, 2.75) is 6.92 Å². The molecule has 0 aliphatic carbocycles. The molecule has 2 heterocycles. The van der Waals surface area contributed by atoms with Crippen LogP contribution in [0, 0.1) is 6.92 Å². The summed E-state index contributed by atoms with van der Waals surface area (Å²) in [5.74, 6) is -1.13. The average Bonchev–Trinajstić information content (AvgIpc) is 2.80. The van der Waals surface area contributed by atoms with Crippen molar-refractivity contribution in [3.63, 3.8) is 0 Å². The van der Waals surface area contributed by atoms with Crippen LogP contribution in [0.2, 0.25) is 0 Å². The molecule has 2 aromatic rings. The van der Waals surface area contributed by atoms with Gasteiger partial charge in [-0.25, -0.2) is 9.59 Å². The molecule has 2 amide bonds. The molecule has 7 heteroatoms. The Hall–Kier alpha value is -2.83. The summed E-state index contributed by atoms with van der Waals surface area (Å²) in [7, 11) is 1.58. The van der Waals surface area contributed by atoms with E-state index in [9.17, 15) is 9.59 Å². The van der Waals surface area contributed by atoms with Gasteiger partial charge in [-0.3, -0.25) is 9.88 Å². The van der Waals surface area contributed by atoms with Crippen LogP contribution >= 0.6 is 0 Å². The number of hydrogen-bond donors (Lipinski definition) is 3. The zero-order valence-corrected chi connectivity index (χ0v) is 11.0. The van der Waals surface area contributed by atoms with Crippen molar-refractivity contribution < 1.29 is 14.7 Å². The fourth-order valence-electron chi connectivity index (χ4n) is 1.72. The number of hydrogen-bond acceptors (Lipinski definition) is 3. The molecule has 0 aliphatic heterocycles. The van der Waals surface area contributed by atoms with E-state index in [1.807, 2.05) is 0 Å². The Bertz CT molecular complexity index is 636. The van der Waals surface area contributed by atoms with Gasteiger partial charge in [-0.05, 0) is 25.1 Å². The number of H-pyrrole nitrogens is 1. The fourth-order valence-corrected chi connectivity index (χ4v) is 1.72. The number of carboxylic acids is 1. The third kappa shape index (κ3) is 2.77. The number of carbonyl (C=O) groups is 2. The van der Waals surface area contributed by atoms with Crippen molar-refractivity contribution in [2.24, 2.45) is 0 Å². The van der Waals surface area contributed by atoms with Gasteiger partial charge in [-0.15, -0.1) is 0 Å². The van der Waals surface area contributed by atoms with Gasteiger partial charge in [0.15, 0.2) is 0 Å². The fraction of sp³-hybridized carbons (Fsp3) is 0.154. The number of aryl methyl sites for hydroxylation is 1. The number of aromatic carboxylic acids is 1. The number of urea groups is 1. The highest BCUT2D eigenvalue weighted by molar-refractivity contribution is 6.05. The van der Waals surface area contributed by atoms with Crippen LogP contribution in [-0.4, -0.2) is 34.1 Å². The smallest absolute Gasteiger partial charge is 0.354 e. The number of carboxylic acid groups (broad SMARTS) is 1. The maximum atomic E-state index is 12.1. The number of carbonyl (C=O) groups excluding carboxylic acids is 1. The van der Waals surface area contributed by atoms with Gasteiger partial charge >= 0.3 is 12.0 Å². The zero-order valence-electron chi connectivity index (χ0n) is 11.0. The Balaban J connectivity index is 2.18. The van der Waals surface area contributed by atoms with Gasteiger partial charge in [0, 0.05) is 18.9 Å². The molecule has 2 aromatic heterocycles. The number of amides is 2. The van der Waals surface area contributed by atoms with E-state index < -0.39 is 12.0 Å². The van der Waals surface area contributed by atoms with Crippen LogP contribution in [0.1, 0.15) is 16.2 Å². The number of aromatic nitrogens is 2. The number of nitrogens with zero attached hydrogens (tertiary/aromatic N) is 2. The molecule has 0 saturated heterocycles. The highest BCUT2D eigenvalue weighted by Crippen LogP contribution is 2.18. The Labute approximate surface area is 115 Å². The normalized spacial score (nSPS) is 10.1. The second-order valence-corrected chi connectivity index (χ2v) is 4.25. The van der Waals surface area contributed by atoms with Gasteiger partial charge in [0.05, 0.1) is 17.6 Å². The number of pyridine rings is 1. The SMILES string of the molecule is Cc1cc(NC(=O)N(C)c2cccnc2)c(C(=O)O)[nH]1. The van der Waals surface area contributed by atoms with E-state index in [0.29, 0.717) is 11.4 Å². The molecule has 0 bridgehead atoms. The topological polar surface area (TPSA) is 98.3 Å². The van der Waals surface area contributed by atoms with E-state index in [1.165, 1.54) is 4.90 Å². The molecule has 0 aromatic carbocycles. The molecule has 0 atom stereocenters. The maximum Gasteiger partial charge on any atom is 0.354 e. The molecule has 2 rings (SSSR count). The lowest BCUT2D eigenvalue weighted by Crippen LogP contribution is -2.31. The van der Waals surface area contributed by atoms with Gasteiger partial charge in [0.1, 0.15) is 5.69 Å². The van der Waals surface area contributed by atoms with Crippen molar-refractivity contribution in [3.8, 4) is 0 Å². The summed E-state index contributed by atoms with van der Waals surface area (Å²) in [6.07, 6.45) is 3.15. The summed E-state index contributed by atoms with van der Waals surface area (Å²) in [6.45, 7) is 1.72. The highest BCUT2D eigenvalue weighted by atomic mass is 16.4. The predicted octanol–water partition coefficient (Wildman–Crippen LogP) is 2.08. The summed E-state index contributed by atoms with van der Waals surface area (Å²) in [4.78, 5) is 31.1. The first-order chi connectivity index (χ1) is 9.49. The minimum atomic E-state index is -1.13. The van der Waals surface area contributed by atoms with Crippen LogP contribution in [-0.2, 0) is 0 Å². The molecule has 0 saturated carbocycles. The number of nitrogens with one attached hydrogen (secondary N) is 2. The van der Waals surface area contributed by atoms with Gasteiger partial charge in [-0.1, -0.05) is 0 Å². The molecule has 0 unspecified atom stereocenters. The maximum absolute atomic E-state index is 12.1. The molecular formula is C13H14N4O3. The van der Waals surface area contributed by atoms with Crippen LogP contribution in [0.25, 0.3) is 0 Å². The Kier molecular flexibility index (Phi) is 3.69. The van der Waals surface area contributed by atoms with E-state index in [1.54, 1.807) is 44.6 Å². The lowest BCUT2D eigenvalue weighted by Gasteiger charge is -2.17. The van der Waals surface area contributed by atoms with E-state index in [0.717, 1.165) is 0 Å². The number of anilines is 2. The van der Waals surface area contributed by atoms with Crippen molar-refractivity contribution in [1.29, 1.82) is 0 Å². The quantitative estimate of drug-likeness (QED) is 0.798. The monoisotopic (exact) mass is 274 g/mol. The lowest BCUT2D eigenvalue weighted by molar-refractivity contribution is 0.0692. The highest BCUT2D eigenvalue weighted by Gasteiger charge is 2.17. The third-order valence-electron chi connectivity index (χ3n) is 2.75. The summed E-state index contributed by atoms with van der Waals surface area (Å²) in [5, 5.41) is 11.6. The Morgan fingerprint density at radius 1 is 1.45 bits per heavy atom. The molecule has 7 nitrogen and oxygen atoms in total. The van der Waals surface area contributed by atoms with Crippen molar-refractivity contribution >= 4 is 23.4 Å². The van der Waals surface area contributed by atoms with E-state index >= 15 is 0 Å². The molecule has 0 fully saturated rings. The minimum Gasteiger partial charge on any atom is -0.477 e. The Morgan fingerprint density at radius 2 is 2.20 bits per heavy atom. The average molecular weight is 274 g/mol. The summed E-state index contributed by atoms with van der Waals surface area (Å²) >= 11 is 0. The summed E-state index contributed by atoms with van der Waals surface area (Å²) < 4.78 is 0. The molecule has 104 valence electrons. The van der Waals surface area contributed by atoms with Gasteiger partial charge in [0.2, 0.25) is 0 Å². The van der Waals surface area contributed by atoms with E-state index in [4.69, 9.17) is 5.11 Å². The Morgan fingerprint density at radius 3 is 2.80 bits per heavy atom. The molecule has 0 aliphatic rings. The van der Waals surface area contributed by atoms with Crippen molar-refractivity contribution in [2.75, 3.05) is 17.3 Å². The van der Waals surface area contributed by atoms with Crippen LogP contribution in [0.15, 0.2) is 30.6 Å². The van der Waals surface area contributed by atoms with Crippen LogP contribution < -0.4 is 10.2 Å². The lowest BCUT2D eigenvalue weighted by atomic mass is 10.3. The first-order valence-corrected chi connectivity index (χ1v) is 5.86. The van der Waals surface area contributed by atoms with Crippen molar-refractivity contribution in [1.82, 2.24) is 9.97 Å². The first-order valence-electron chi connectivity index (χ1n) is 5.86. The van der Waals surface area contributed by atoms with E-state index in [-0.39, 0.29) is 11.4 Å². The summed E-state index contributed by atoms with van der Waals surface area (Å²) in [6, 6.07) is 4.56. The molecule has 0 spiro atoms. The van der Waals surface area contributed by atoms with Gasteiger partial charge in [0.25, 0.3) is 0 Å². The molecular weight excluding hydrogens is 260 g/mol. The largest absolute Gasteiger partial charge is 0.477 e. The number of rotatable bonds is 3. The van der Waals surface area contributed by atoms with Crippen LogP contribution in [0.5, 0.6) is 0 Å². The van der Waals surface area contributed by atoms with Gasteiger partial charge in [-0.2, -0.15) is 0 Å². The van der Waals surface area contributed by atoms with Crippen molar-refractivity contribution in [3.05, 3.63) is 42.0 Å². The standard InChI is InChI=1S/C13H14N4O3/c1-8-6-10(11(15-8)12(18)19)16-13(20)17(2)9-4-3-5-14-7-9/h3-7,15H,1-2H3,(H,16,20)(H,18,19). The second-order valence-electron chi connectivity index (χ2n) is 4.25. The molecule has 3 N–H and O–H groups in total. The predicted molar refractivity (Wildman–Crippen MR) is 74.1 cm³/mol. The molecule has 0 radical (unpaired) electrons. The van der Waals surface area contributed by atoms with E-state index in [2.05, 4.69) is 15.3 Å². The van der Waals surface area contributed by atoms with Crippen LogP contribution in [0.4, 0.5) is 16.2 Å². The zero-order chi connectivity index (χ0) is 14.7. The number of aromatic amines is 1. The van der Waals surface area contributed by atoms with Crippen LogP contribution in [0.3, 0.4) is 0 Å². The first kappa shape index (κ1) is 13.6. The third-order valence-corrected chi connectivity index (χ3v) is 2.75. The van der Waals surface area contributed by atoms with Gasteiger partial charge < -0.3 is 15.4 Å². The summed E-state index contributed by atoms with van der Waals surface area (Å²) in [5.41, 5.74) is 1.45. The minimum absolute atomic E-state index is 0.0459. The molecule has 20 heavy (non-hydrogen) atoms.